The summed E-state index contributed by atoms with van der Waals surface area (Å²) in [6, 6.07) is 4.13. The van der Waals surface area contributed by atoms with Crippen molar-refractivity contribution in [3.63, 3.8) is 0 Å². The van der Waals surface area contributed by atoms with Gasteiger partial charge in [-0.25, -0.2) is 9.97 Å². The molecule has 3 rings (SSSR count). The molecule has 0 aliphatic rings. The molecule has 0 N–H and O–H groups in total. The predicted octanol–water partition coefficient (Wildman–Crippen LogP) is 3.30. The molecule has 0 saturated heterocycles. The number of pyridine rings is 1. The summed E-state index contributed by atoms with van der Waals surface area (Å²) in [6.07, 6.45) is 7.35. The molecule has 0 fully saturated rings. The molecule has 0 spiro atoms. The Hall–Kier alpha value is -2.03. The molecule has 0 aliphatic carbocycles. The highest BCUT2D eigenvalue weighted by molar-refractivity contribution is 6.06. The minimum absolute atomic E-state index is 0.967. The van der Waals surface area contributed by atoms with Gasteiger partial charge in [0, 0.05) is 23.2 Å². The van der Waals surface area contributed by atoms with Gasteiger partial charge < -0.3 is 0 Å². The largest absolute Gasteiger partial charge is 0.254 e. The van der Waals surface area contributed by atoms with Crippen LogP contribution in [0.3, 0.4) is 0 Å². The number of aryl methyl sites for hydroxylation is 2. The van der Waals surface area contributed by atoms with E-state index in [4.69, 9.17) is 0 Å². The Labute approximate surface area is 106 Å². The molecular weight excluding hydrogens is 222 g/mol. The second-order valence-corrected chi connectivity index (χ2v) is 4.35. The summed E-state index contributed by atoms with van der Waals surface area (Å²) in [4.78, 5) is 13.1. The van der Waals surface area contributed by atoms with Crippen LogP contribution in [0.1, 0.15) is 25.0 Å². The third kappa shape index (κ3) is 1.47. The Morgan fingerprint density at radius 3 is 2.44 bits per heavy atom. The Morgan fingerprint density at radius 1 is 0.944 bits per heavy atom. The normalized spacial score (nSPS) is 11.2. The molecule has 2 heterocycles. The van der Waals surface area contributed by atoms with Crippen molar-refractivity contribution < 1.29 is 0 Å². The van der Waals surface area contributed by atoms with E-state index in [2.05, 4.69) is 34.9 Å². The minimum atomic E-state index is 0.967. The number of rotatable bonds is 2. The van der Waals surface area contributed by atoms with Crippen molar-refractivity contribution in [2.45, 2.75) is 26.7 Å². The summed E-state index contributed by atoms with van der Waals surface area (Å²) >= 11 is 0. The summed E-state index contributed by atoms with van der Waals surface area (Å²) in [6.45, 7) is 4.37. The van der Waals surface area contributed by atoms with E-state index in [1.807, 2.05) is 18.5 Å². The topological polar surface area (TPSA) is 38.7 Å². The SMILES string of the molecule is CCc1c(CC)c2cncnc2c2ncccc12. The lowest BCUT2D eigenvalue weighted by Gasteiger charge is -2.13. The van der Waals surface area contributed by atoms with Crippen LogP contribution in [0.4, 0.5) is 0 Å². The van der Waals surface area contributed by atoms with Crippen molar-refractivity contribution >= 4 is 21.8 Å². The molecule has 0 atom stereocenters. The first-order chi connectivity index (χ1) is 8.86. The first kappa shape index (κ1) is 11.1. The maximum atomic E-state index is 4.50. The number of aromatic nitrogens is 3. The highest BCUT2D eigenvalue weighted by Crippen LogP contribution is 2.30. The fraction of sp³-hybridized carbons (Fsp3) is 0.267. The lowest BCUT2D eigenvalue weighted by molar-refractivity contribution is 1.06. The fourth-order valence-corrected chi connectivity index (χ4v) is 2.71. The zero-order valence-electron chi connectivity index (χ0n) is 10.6. The van der Waals surface area contributed by atoms with Crippen molar-refractivity contribution in [1.29, 1.82) is 0 Å². The van der Waals surface area contributed by atoms with E-state index in [9.17, 15) is 0 Å². The van der Waals surface area contributed by atoms with Gasteiger partial charge in [-0.15, -0.1) is 0 Å². The van der Waals surface area contributed by atoms with Crippen molar-refractivity contribution in [1.82, 2.24) is 15.0 Å². The maximum Gasteiger partial charge on any atom is 0.116 e. The van der Waals surface area contributed by atoms with Gasteiger partial charge in [0.05, 0.1) is 5.52 Å². The summed E-state index contributed by atoms with van der Waals surface area (Å²) < 4.78 is 0. The summed E-state index contributed by atoms with van der Waals surface area (Å²) in [5.74, 6) is 0. The first-order valence-electron chi connectivity index (χ1n) is 6.35. The van der Waals surface area contributed by atoms with E-state index in [1.54, 1.807) is 6.33 Å². The number of benzene rings is 1. The molecule has 0 saturated carbocycles. The van der Waals surface area contributed by atoms with Crippen molar-refractivity contribution in [2.24, 2.45) is 0 Å². The van der Waals surface area contributed by atoms with Crippen molar-refractivity contribution in [3.05, 3.63) is 42.0 Å². The third-order valence-corrected chi connectivity index (χ3v) is 3.47. The van der Waals surface area contributed by atoms with Gasteiger partial charge in [-0.2, -0.15) is 0 Å². The zero-order chi connectivity index (χ0) is 12.5. The van der Waals surface area contributed by atoms with Gasteiger partial charge in [0.15, 0.2) is 0 Å². The van der Waals surface area contributed by atoms with Crippen molar-refractivity contribution in [2.75, 3.05) is 0 Å². The highest BCUT2D eigenvalue weighted by atomic mass is 14.8. The Bertz CT molecular complexity index is 657. The smallest absolute Gasteiger partial charge is 0.116 e. The first-order valence-corrected chi connectivity index (χ1v) is 6.35. The lowest BCUT2D eigenvalue weighted by Crippen LogP contribution is -1.98. The molecule has 3 nitrogen and oxygen atoms in total. The summed E-state index contributed by atoms with van der Waals surface area (Å²) in [5, 5.41) is 2.37. The maximum absolute atomic E-state index is 4.50. The van der Waals surface area contributed by atoms with Gasteiger partial charge in [0.2, 0.25) is 0 Å². The van der Waals surface area contributed by atoms with Crippen LogP contribution in [0.25, 0.3) is 21.8 Å². The van der Waals surface area contributed by atoms with Crippen LogP contribution in [0, 0.1) is 0 Å². The summed E-state index contributed by atoms with van der Waals surface area (Å²) in [5.41, 5.74) is 4.69. The molecule has 90 valence electrons. The van der Waals surface area contributed by atoms with Gasteiger partial charge in [-0.3, -0.25) is 4.98 Å². The average molecular weight is 237 g/mol. The fourth-order valence-electron chi connectivity index (χ4n) is 2.71. The standard InChI is InChI=1S/C15H15N3/c1-3-10-11(4-2)13-8-16-9-18-15(13)14-12(10)6-5-7-17-14/h5-9H,3-4H2,1-2H3. The summed E-state index contributed by atoms with van der Waals surface area (Å²) in [7, 11) is 0. The molecule has 0 amide bonds. The molecule has 0 bridgehead atoms. The van der Waals surface area contributed by atoms with Crippen LogP contribution >= 0.6 is 0 Å². The Kier molecular flexibility index (Phi) is 2.67. The Morgan fingerprint density at radius 2 is 1.67 bits per heavy atom. The van der Waals surface area contributed by atoms with Gasteiger partial charge >= 0.3 is 0 Å². The van der Waals surface area contributed by atoms with Crippen LogP contribution < -0.4 is 0 Å². The average Bonchev–Trinajstić information content (AvgIpc) is 2.45. The molecule has 0 aliphatic heterocycles. The molecule has 18 heavy (non-hydrogen) atoms. The van der Waals surface area contributed by atoms with E-state index in [-0.39, 0.29) is 0 Å². The molecule has 0 radical (unpaired) electrons. The van der Waals surface area contributed by atoms with E-state index in [1.165, 1.54) is 16.5 Å². The molecule has 3 heteroatoms. The lowest BCUT2D eigenvalue weighted by atomic mass is 9.94. The number of hydrogen-bond acceptors (Lipinski definition) is 3. The molecule has 0 unspecified atom stereocenters. The number of nitrogens with zero attached hydrogens (tertiary/aromatic N) is 3. The van der Waals surface area contributed by atoms with E-state index in [0.717, 1.165) is 29.3 Å². The highest BCUT2D eigenvalue weighted by Gasteiger charge is 2.13. The van der Waals surface area contributed by atoms with E-state index < -0.39 is 0 Å². The van der Waals surface area contributed by atoms with Crippen LogP contribution in [-0.4, -0.2) is 15.0 Å². The number of fused-ring (bicyclic) bond motifs is 3. The molecular formula is C15H15N3. The second-order valence-electron chi connectivity index (χ2n) is 4.35. The molecule has 3 aromatic rings. The number of hydrogen-bond donors (Lipinski definition) is 0. The molecule has 2 aromatic heterocycles. The van der Waals surface area contributed by atoms with Gasteiger partial charge in [0.1, 0.15) is 11.8 Å². The van der Waals surface area contributed by atoms with E-state index in [0.29, 0.717) is 0 Å². The van der Waals surface area contributed by atoms with Crippen LogP contribution in [-0.2, 0) is 12.8 Å². The van der Waals surface area contributed by atoms with Gasteiger partial charge in [-0.1, -0.05) is 19.9 Å². The van der Waals surface area contributed by atoms with Gasteiger partial charge in [0.25, 0.3) is 0 Å². The molecule has 1 aromatic carbocycles. The van der Waals surface area contributed by atoms with Crippen LogP contribution in [0.2, 0.25) is 0 Å². The Balaban J connectivity index is 2.61. The van der Waals surface area contributed by atoms with E-state index >= 15 is 0 Å². The predicted molar refractivity (Wildman–Crippen MR) is 73.6 cm³/mol. The zero-order valence-corrected chi connectivity index (χ0v) is 10.6. The quantitative estimate of drug-likeness (QED) is 0.642. The third-order valence-electron chi connectivity index (χ3n) is 3.47. The second kappa shape index (κ2) is 4.33. The van der Waals surface area contributed by atoms with Crippen LogP contribution in [0.5, 0.6) is 0 Å². The van der Waals surface area contributed by atoms with Crippen LogP contribution in [0.15, 0.2) is 30.9 Å². The minimum Gasteiger partial charge on any atom is -0.254 e. The van der Waals surface area contributed by atoms with Crippen molar-refractivity contribution in [3.8, 4) is 0 Å². The monoisotopic (exact) mass is 237 g/mol. The van der Waals surface area contributed by atoms with Gasteiger partial charge in [-0.05, 0) is 30.0 Å².